The Bertz CT molecular complexity index is 312. The Hall–Kier alpha value is -0.240. The van der Waals surface area contributed by atoms with Gasteiger partial charge in [0.2, 0.25) is 0 Å². The lowest BCUT2D eigenvalue weighted by molar-refractivity contribution is 0.523. The summed E-state index contributed by atoms with van der Waals surface area (Å²) in [5.74, 6) is 0. The quantitative estimate of drug-likeness (QED) is 0.809. The molecule has 3 heteroatoms. The Morgan fingerprint density at radius 2 is 2.00 bits per heavy atom. The van der Waals surface area contributed by atoms with Gasteiger partial charge in [0.1, 0.15) is 0 Å². The molecule has 1 unspecified atom stereocenters. The highest BCUT2D eigenvalue weighted by Crippen LogP contribution is 2.27. The van der Waals surface area contributed by atoms with Crippen LogP contribution < -0.4 is 5.32 Å². The summed E-state index contributed by atoms with van der Waals surface area (Å²) < 4.78 is 0. The molecule has 84 valence electrons. The van der Waals surface area contributed by atoms with Crippen LogP contribution in [0.1, 0.15) is 37.8 Å². The first kappa shape index (κ1) is 12.8. The number of halogens is 2. The maximum absolute atomic E-state index is 5.99. The summed E-state index contributed by atoms with van der Waals surface area (Å²) >= 11 is 11.9. The van der Waals surface area contributed by atoms with Crippen LogP contribution in [0.4, 0.5) is 0 Å². The Morgan fingerprint density at radius 1 is 1.27 bits per heavy atom. The minimum Gasteiger partial charge on any atom is -0.313 e. The van der Waals surface area contributed by atoms with Crippen LogP contribution in [0.2, 0.25) is 10.0 Å². The van der Waals surface area contributed by atoms with E-state index in [2.05, 4.69) is 12.2 Å². The molecule has 1 aromatic carbocycles. The van der Waals surface area contributed by atoms with Gasteiger partial charge >= 0.3 is 0 Å². The molecular weight excluding hydrogens is 229 g/mol. The van der Waals surface area contributed by atoms with Crippen molar-refractivity contribution in [3.05, 3.63) is 33.8 Å². The monoisotopic (exact) mass is 245 g/mol. The molecule has 1 aromatic rings. The Balaban J connectivity index is 2.78. The number of nitrogens with one attached hydrogen (secondary N) is 1. The van der Waals surface area contributed by atoms with E-state index >= 15 is 0 Å². The molecule has 15 heavy (non-hydrogen) atoms. The first-order valence-electron chi connectivity index (χ1n) is 5.31. The molecule has 1 nitrogen and oxygen atoms in total. The molecule has 1 atom stereocenters. The molecule has 1 N–H and O–H groups in total. The first-order chi connectivity index (χ1) is 7.19. The molecule has 0 saturated carbocycles. The molecule has 0 bridgehead atoms. The normalized spacial score (nSPS) is 12.8. The molecule has 0 aliphatic heterocycles. The van der Waals surface area contributed by atoms with E-state index in [1.54, 1.807) is 0 Å². The predicted molar refractivity (Wildman–Crippen MR) is 67.8 cm³/mol. The van der Waals surface area contributed by atoms with Crippen LogP contribution in [-0.2, 0) is 0 Å². The van der Waals surface area contributed by atoms with E-state index in [-0.39, 0.29) is 0 Å². The minimum absolute atomic E-state index is 0.375. The SMILES string of the molecule is CCCCC(NC)c1ccc(Cl)c(Cl)c1. The number of unbranched alkanes of at least 4 members (excludes halogenated alkanes) is 1. The van der Waals surface area contributed by atoms with E-state index in [0.29, 0.717) is 16.1 Å². The number of hydrogen-bond donors (Lipinski definition) is 1. The molecule has 0 fully saturated rings. The van der Waals surface area contributed by atoms with Gasteiger partial charge in [-0.15, -0.1) is 0 Å². The summed E-state index contributed by atoms with van der Waals surface area (Å²) in [6.45, 7) is 2.20. The van der Waals surface area contributed by atoms with E-state index in [0.717, 1.165) is 6.42 Å². The van der Waals surface area contributed by atoms with Crippen molar-refractivity contribution in [2.75, 3.05) is 7.05 Å². The second-order valence-corrected chi connectivity index (χ2v) is 4.47. The lowest BCUT2D eigenvalue weighted by atomic mass is 10.0. The highest BCUT2D eigenvalue weighted by Gasteiger charge is 2.09. The first-order valence-corrected chi connectivity index (χ1v) is 6.06. The number of benzene rings is 1. The van der Waals surface area contributed by atoms with Crippen molar-refractivity contribution in [3.63, 3.8) is 0 Å². The standard InChI is InChI=1S/C12H17Cl2N/c1-3-4-5-12(15-2)9-6-7-10(13)11(14)8-9/h6-8,12,15H,3-5H2,1-2H3. The van der Waals surface area contributed by atoms with Gasteiger partial charge in [0.05, 0.1) is 10.0 Å². The van der Waals surface area contributed by atoms with Crippen LogP contribution in [0.15, 0.2) is 18.2 Å². The van der Waals surface area contributed by atoms with Crippen LogP contribution in [0, 0.1) is 0 Å². The largest absolute Gasteiger partial charge is 0.313 e. The highest BCUT2D eigenvalue weighted by atomic mass is 35.5. The van der Waals surface area contributed by atoms with Crippen molar-refractivity contribution >= 4 is 23.2 Å². The summed E-state index contributed by atoms with van der Waals surface area (Å²) in [5, 5.41) is 4.55. The average molecular weight is 246 g/mol. The summed E-state index contributed by atoms with van der Waals surface area (Å²) in [5.41, 5.74) is 1.21. The third kappa shape index (κ3) is 3.67. The summed E-state index contributed by atoms with van der Waals surface area (Å²) in [7, 11) is 1.98. The lowest BCUT2D eigenvalue weighted by Gasteiger charge is -2.16. The third-order valence-electron chi connectivity index (χ3n) is 2.54. The van der Waals surface area contributed by atoms with Gasteiger partial charge in [-0.2, -0.15) is 0 Å². The highest BCUT2D eigenvalue weighted by molar-refractivity contribution is 6.42. The lowest BCUT2D eigenvalue weighted by Crippen LogP contribution is -2.16. The molecule has 0 aliphatic rings. The fourth-order valence-electron chi connectivity index (χ4n) is 1.62. The fourth-order valence-corrected chi connectivity index (χ4v) is 1.92. The van der Waals surface area contributed by atoms with Gasteiger partial charge in [0.25, 0.3) is 0 Å². The smallest absolute Gasteiger partial charge is 0.0595 e. The van der Waals surface area contributed by atoms with E-state index < -0.39 is 0 Å². The molecule has 0 aliphatic carbocycles. The third-order valence-corrected chi connectivity index (χ3v) is 3.28. The van der Waals surface area contributed by atoms with Crippen molar-refractivity contribution in [2.24, 2.45) is 0 Å². The molecule has 0 aromatic heterocycles. The molecule has 0 saturated heterocycles. The molecule has 0 radical (unpaired) electrons. The van der Waals surface area contributed by atoms with Gasteiger partial charge in [-0.25, -0.2) is 0 Å². The van der Waals surface area contributed by atoms with E-state index in [4.69, 9.17) is 23.2 Å². The molecule has 0 heterocycles. The van der Waals surface area contributed by atoms with Crippen molar-refractivity contribution in [3.8, 4) is 0 Å². The fraction of sp³-hybridized carbons (Fsp3) is 0.500. The second kappa shape index (κ2) is 6.37. The van der Waals surface area contributed by atoms with Gasteiger partial charge in [-0.1, -0.05) is 49.0 Å². The van der Waals surface area contributed by atoms with Gasteiger partial charge in [-0.3, -0.25) is 0 Å². The Morgan fingerprint density at radius 3 is 2.53 bits per heavy atom. The summed E-state index contributed by atoms with van der Waals surface area (Å²) in [4.78, 5) is 0. The molecule has 1 rings (SSSR count). The van der Waals surface area contributed by atoms with Crippen molar-refractivity contribution < 1.29 is 0 Å². The van der Waals surface area contributed by atoms with Crippen LogP contribution in [-0.4, -0.2) is 7.05 Å². The Labute approximate surface area is 102 Å². The topological polar surface area (TPSA) is 12.0 Å². The summed E-state index contributed by atoms with van der Waals surface area (Å²) in [6.07, 6.45) is 3.55. The number of rotatable bonds is 5. The van der Waals surface area contributed by atoms with Gasteiger partial charge < -0.3 is 5.32 Å². The number of hydrogen-bond acceptors (Lipinski definition) is 1. The van der Waals surface area contributed by atoms with Crippen LogP contribution in [0.25, 0.3) is 0 Å². The van der Waals surface area contributed by atoms with E-state index in [9.17, 15) is 0 Å². The zero-order valence-corrected chi connectivity index (χ0v) is 10.7. The van der Waals surface area contributed by atoms with Crippen LogP contribution >= 0.6 is 23.2 Å². The van der Waals surface area contributed by atoms with Crippen molar-refractivity contribution in [1.29, 1.82) is 0 Å². The molecular formula is C12H17Cl2N. The predicted octanol–water partition coefficient (Wildman–Crippen LogP) is 4.44. The van der Waals surface area contributed by atoms with Crippen molar-refractivity contribution in [1.82, 2.24) is 5.32 Å². The second-order valence-electron chi connectivity index (χ2n) is 3.66. The maximum Gasteiger partial charge on any atom is 0.0595 e. The molecule has 0 amide bonds. The van der Waals surface area contributed by atoms with Crippen molar-refractivity contribution in [2.45, 2.75) is 32.2 Å². The molecule has 0 spiro atoms. The van der Waals surface area contributed by atoms with Gasteiger partial charge in [0.15, 0.2) is 0 Å². The van der Waals surface area contributed by atoms with Crippen LogP contribution in [0.3, 0.4) is 0 Å². The summed E-state index contributed by atoms with van der Waals surface area (Å²) in [6, 6.07) is 6.21. The van der Waals surface area contributed by atoms with Gasteiger partial charge in [0, 0.05) is 6.04 Å². The van der Waals surface area contributed by atoms with E-state index in [1.807, 2.05) is 25.2 Å². The van der Waals surface area contributed by atoms with Crippen LogP contribution in [0.5, 0.6) is 0 Å². The Kier molecular flexibility index (Phi) is 5.44. The van der Waals surface area contributed by atoms with Gasteiger partial charge in [-0.05, 0) is 31.2 Å². The zero-order chi connectivity index (χ0) is 11.3. The average Bonchev–Trinajstić information content (AvgIpc) is 2.24. The van der Waals surface area contributed by atoms with E-state index in [1.165, 1.54) is 18.4 Å². The minimum atomic E-state index is 0.375. The maximum atomic E-state index is 5.99. The zero-order valence-electron chi connectivity index (χ0n) is 9.19.